The summed E-state index contributed by atoms with van der Waals surface area (Å²) in [6.07, 6.45) is 0. The highest BCUT2D eigenvalue weighted by Crippen LogP contribution is 2.24. The second-order valence-corrected chi connectivity index (χ2v) is 3.78. The fourth-order valence-corrected chi connectivity index (χ4v) is 1.68. The number of benzene rings is 1. The Labute approximate surface area is 76.8 Å². The standard InChI is InChI=1S/C10H12Br/c1-7(2)9-6-8(3)4-5-10(9)11/h4-7H,1H2,2-3H3. The van der Waals surface area contributed by atoms with Crippen LogP contribution in [0.2, 0.25) is 0 Å². The van der Waals surface area contributed by atoms with E-state index in [9.17, 15) is 0 Å². The summed E-state index contributed by atoms with van der Waals surface area (Å²) in [5.74, 6) is 0.351. The Morgan fingerprint density at radius 1 is 1.45 bits per heavy atom. The van der Waals surface area contributed by atoms with Gasteiger partial charge in [-0.05, 0) is 31.4 Å². The zero-order valence-corrected chi connectivity index (χ0v) is 8.48. The van der Waals surface area contributed by atoms with E-state index in [0.29, 0.717) is 5.92 Å². The van der Waals surface area contributed by atoms with Crippen molar-refractivity contribution < 1.29 is 0 Å². The average Bonchev–Trinajstić information content (AvgIpc) is 1.94. The molecule has 1 heteroatoms. The van der Waals surface area contributed by atoms with Gasteiger partial charge < -0.3 is 0 Å². The van der Waals surface area contributed by atoms with Gasteiger partial charge >= 0.3 is 0 Å². The van der Waals surface area contributed by atoms with Gasteiger partial charge in [0.25, 0.3) is 0 Å². The molecule has 0 heterocycles. The minimum Gasteiger partial charge on any atom is -0.0584 e. The van der Waals surface area contributed by atoms with Gasteiger partial charge in [0.1, 0.15) is 0 Å². The molecule has 1 aromatic rings. The number of hydrogen-bond donors (Lipinski definition) is 0. The van der Waals surface area contributed by atoms with Crippen molar-refractivity contribution in [2.75, 3.05) is 0 Å². The minimum absolute atomic E-state index is 0.351. The summed E-state index contributed by atoms with van der Waals surface area (Å²) in [6, 6.07) is 6.34. The first-order valence-corrected chi connectivity index (χ1v) is 4.49. The van der Waals surface area contributed by atoms with Crippen LogP contribution in [0.15, 0.2) is 22.7 Å². The van der Waals surface area contributed by atoms with Crippen molar-refractivity contribution in [1.29, 1.82) is 0 Å². The molecule has 59 valence electrons. The smallest absolute Gasteiger partial charge is 0.0210 e. The normalized spacial score (nSPS) is 10.6. The third-order valence-corrected chi connectivity index (χ3v) is 2.40. The second-order valence-electron chi connectivity index (χ2n) is 2.93. The van der Waals surface area contributed by atoms with E-state index in [2.05, 4.69) is 54.9 Å². The number of hydrogen-bond acceptors (Lipinski definition) is 0. The van der Waals surface area contributed by atoms with Crippen molar-refractivity contribution in [3.05, 3.63) is 40.7 Å². The molecule has 1 aromatic carbocycles. The van der Waals surface area contributed by atoms with Crippen LogP contribution in [0.25, 0.3) is 0 Å². The lowest BCUT2D eigenvalue weighted by molar-refractivity contribution is 0.953. The van der Waals surface area contributed by atoms with Crippen LogP contribution in [0.4, 0.5) is 0 Å². The molecular formula is C10H12Br. The van der Waals surface area contributed by atoms with Crippen molar-refractivity contribution in [2.45, 2.75) is 19.8 Å². The highest BCUT2D eigenvalue weighted by Gasteiger charge is 2.03. The van der Waals surface area contributed by atoms with Crippen LogP contribution in [0.5, 0.6) is 0 Å². The summed E-state index contributed by atoms with van der Waals surface area (Å²) in [5, 5.41) is 0. The van der Waals surface area contributed by atoms with Crippen molar-refractivity contribution in [3.63, 3.8) is 0 Å². The maximum atomic E-state index is 3.98. The Kier molecular flexibility index (Phi) is 2.72. The molecule has 0 aliphatic rings. The van der Waals surface area contributed by atoms with Crippen LogP contribution in [0.3, 0.4) is 0 Å². The van der Waals surface area contributed by atoms with Gasteiger partial charge in [0.05, 0.1) is 0 Å². The zero-order valence-electron chi connectivity index (χ0n) is 6.89. The van der Waals surface area contributed by atoms with Crippen molar-refractivity contribution in [3.8, 4) is 0 Å². The molecule has 0 aliphatic carbocycles. The van der Waals surface area contributed by atoms with Gasteiger partial charge in [0.15, 0.2) is 0 Å². The van der Waals surface area contributed by atoms with Crippen LogP contribution in [-0.2, 0) is 0 Å². The predicted octanol–water partition coefficient (Wildman–Crippen LogP) is 3.70. The Morgan fingerprint density at radius 2 is 2.09 bits per heavy atom. The monoisotopic (exact) mass is 211 g/mol. The van der Waals surface area contributed by atoms with E-state index in [1.807, 2.05) is 0 Å². The third-order valence-electron chi connectivity index (χ3n) is 1.68. The minimum atomic E-state index is 0.351. The lowest BCUT2D eigenvalue weighted by Gasteiger charge is -2.08. The Hall–Kier alpha value is -0.300. The van der Waals surface area contributed by atoms with E-state index < -0.39 is 0 Å². The van der Waals surface area contributed by atoms with Gasteiger partial charge in [-0.15, -0.1) is 0 Å². The van der Waals surface area contributed by atoms with Crippen LogP contribution in [0.1, 0.15) is 24.0 Å². The fourth-order valence-electron chi connectivity index (χ4n) is 1.04. The van der Waals surface area contributed by atoms with Gasteiger partial charge in [0, 0.05) is 4.47 Å². The quantitative estimate of drug-likeness (QED) is 0.665. The molecule has 0 saturated heterocycles. The van der Waals surface area contributed by atoms with Crippen molar-refractivity contribution >= 4 is 15.9 Å². The molecule has 1 radical (unpaired) electrons. The molecule has 0 fully saturated rings. The molecule has 1 atom stereocenters. The third kappa shape index (κ3) is 2.06. The highest BCUT2D eigenvalue weighted by atomic mass is 79.9. The Balaban J connectivity index is 3.13. The van der Waals surface area contributed by atoms with Crippen LogP contribution in [-0.4, -0.2) is 0 Å². The maximum absolute atomic E-state index is 3.98. The fraction of sp³-hybridized carbons (Fsp3) is 0.300. The SMILES string of the molecule is [CH2]C(C)c1cc(C)ccc1Br. The molecular weight excluding hydrogens is 200 g/mol. The van der Waals surface area contributed by atoms with Gasteiger partial charge in [-0.25, -0.2) is 0 Å². The molecule has 0 bridgehead atoms. The zero-order chi connectivity index (χ0) is 8.43. The van der Waals surface area contributed by atoms with E-state index in [4.69, 9.17) is 0 Å². The van der Waals surface area contributed by atoms with Crippen LogP contribution in [0, 0.1) is 13.8 Å². The summed E-state index contributed by atoms with van der Waals surface area (Å²) >= 11 is 3.49. The van der Waals surface area contributed by atoms with E-state index >= 15 is 0 Å². The van der Waals surface area contributed by atoms with Crippen molar-refractivity contribution in [1.82, 2.24) is 0 Å². The summed E-state index contributed by atoms with van der Waals surface area (Å²) in [4.78, 5) is 0. The first kappa shape index (κ1) is 8.79. The summed E-state index contributed by atoms with van der Waals surface area (Å²) < 4.78 is 1.16. The Morgan fingerprint density at radius 3 is 2.55 bits per heavy atom. The topological polar surface area (TPSA) is 0 Å². The molecule has 1 rings (SSSR count). The van der Waals surface area contributed by atoms with Crippen LogP contribution < -0.4 is 0 Å². The molecule has 11 heavy (non-hydrogen) atoms. The first-order valence-electron chi connectivity index (χ1n) is 3.70. The summed E-state index contributed by atoms with van der Waals surface area (Å²) in [6.45, 7) is 8.17. The molecule has 0 aliphatic heterocycles. The maximum Gasteiger partial charge on any atom is 0.0210 e. The van der Waals surface area contributed by atoms with Gasteiger partial charge in [-0.1, -0.05) is 40.5 Å². The average molecular weight is 212 g/mol. The molecule has 0 aromatic heterocycles. The number of rotatable bonds is 1. The predicted molar refractivity (Wildman–Crippen MR) is 52.7 cm³/mol. The summed E-state index contributed by atoms with van der Waals surface area (Å²) in [5.41, 5.74) is 2.57. The molecule has 0 nitrogen and oxygen atoms in total. The van der Waals surface area contributed by atoms with Gasteiger partial charge in [0.2, 0.25) is 0 Å². The lowest BCUT2D eigenvalue weighted by Crippen LogP contribution is -1.89. The molecule has 0 saturated carbocycles. The van der Waals surface area contributed by atoms with E-state index in [-0.39, 0.29) is 0 Å². The van der Waals surface area contributed by atoms with Gasteiger partial charge in [-0.2, -0.15) is 0 Å². The van der Waals surface area contributed by atoms with Crippen molar-refractivity contribution in [2.24, 2.45) is 0 Å². The van der Waals surface area contributed by atoms with E-state index in [0.717, 1.165) is 4.47 Å². The summed E-state index contributed by atoms with van der Waals surface area (Å²) in [7, 11) is 0. The molecule has 0 spiro atoms. The van der Waals surface area contributed by atoms with E-state index in [1.165, 1.54) is 11.1 Å². The molecule has 0 N–H and O–H groups in total. The molecule has 1 unspecified atom stereocenters. The lowest BCUT2D eigenvalue weighted by atomic mass is 10.0. The van der Waals surface area contributed by atoms with Gasteiger partial charge in [-0.3, -0.25) is 0 Å². The highest BCUT2D eigenvalue weighted by molar-refractivity contribution is 9.10. The van der Waals surface area contributed by atoms with Crippen LogP contribution >= 0.6 is 15.9 Å². The van der Waals surface area contributed by atoms with E-state index in [1.54, 1.807) is 0 Å². The molecule has 0 amide bonds. The number of aryl methyl sites for hydroxylation is 1. The first-order chi connectivity index (χ1) is 5.11. The number of halogens is 1. The Bertz CT molecular complexity index is 251. The second kappa shape index (κ2) is 3.40. The largest absolute Gasteiger partial charge is 0.0584 e.